The fourth-order valence-corrected chi connectivity index (χ4v) is 1.94. The van der Waals surface area contributed by atoms with Gasteiger partial charge in [0.15, 0.2) is 0 Å². The summed E-state index contributed by atoms with van der Waals surface area (Å²) in [7, 11) is 0. The van der Waals surface area contributed by atoms with E-state index in [0.29, 0.717) is 19.0 Å². The third kappa shape index (κ3) is 3.17. The highest BCUT2D eigenvalue weighted by Crippen LogP contribution is 2.23. The zero-order valence-corrected chi connectivity index (χ0v) is 10.2. The van der Waals surface area contributed by atoms with E-state index >= 15 is 0 Å². The van der Waals surface area contributed by atoms with Gasteiger partial charge in [-0.1, -0.05) is 0 Å². The van der Waals surface area contributed by atoms with Crippen LogP contribution in [-0.2, 0) is 4.79 Å². The molecule has 0 radical (unpaired) electrons. The van der Waals surface area contributed by atoms with Crippen molar-refractivity contribution >= 4 is 5.91 Å². The summed E-state index contributed by atoms with van der Waals surface area (Å²) < 4.78 is 0. The zero-order valence-electron chi connectivity index (χ0n) is 10.2. The number of piperidine rings is 1. The molecule has 2 atom stereocenters. The van der Waals surface area contributed by atoms with E-state index in [1.807, 2.05) is 0 Å². The Hall–Kier alpha value is -0.650. The van der Waals surface area contributed by atoms with Gasteiger partial charge in [-0.3, -0.25) is 9.69 Å². The number of nitrogens with one attached hydrogen (secondary N) is 1. The van der Waals surface area contributed by atoms with E-state index in [1.54, 1.807) is 0 Å². The van der Waals surface area contributed by atoms with E-state index in [2.05, 4.69) is 24.1 Å². The van der Waals surface area contributed by atoms with Crippen molar-refractivity contribution in [2.45, 2.75) is 44.9 Å². The number of hydrogen-bond acceptors (Lipinski definition) is 4. The van der Waals surface area contributed by atoms with Gasteiger partial charge in [0.2, 0.25) is 5.91 Å². The van der Waals surface area contributed by atoms with E-state index in [4.69, 9.17) is 0 Å². The number of hydrogen-bond donors (Lipinski definition) is 3. The van der Waals surface area contributed by atoms with Gasteiger partial charge in [-0.2, -0.15) is 0 Å². The van der Waals surface area contributed by atoms with Crippen molar-refractivity contribution in [3.05, 3.63) is 0 Å². The molecule has 0 bridgehead atoms. The highest BCUT2D eigenvalue weighted by molar-refractivity contribution is 5.72. The molecule has 1 heterocycles. The summed E-state index contributed by atoms with van der Waals surface area (Å²) in [5.74, 6) is -0.188. The molecular formula is C11H22N2O3. The number of carbonyl (C=O) groups is 1. The molecule has 0 aromatic rings. The molecule has 1 aliphatic heterocycles. The molecule has 94 valence electrons. The predicted molar refractivity (Wildman–Crippen MR) is 61.0 cm³/mol. The Bertz CT molecular complexity index is 258. The average Bonchev–Trinajstić information content (AvgIpc) is 2.19. The first-order chi connectivity index (χ1) is 7.35. The van der Waals surface area contributed by atoms with Crippen molar-refractivity contribution in [3.8, 4) is 0 Å². The fourth-order valence-electron chi connectivity index (χ4n) is 1.94. The van der Waals surface area contributed by atoms with Crippen LogP contribution in [0.2, 0.25) is 0 Å². The van der Waals surface area contributed by atoms with Crippen LogP contribution in [0.25, 0.3) is 0 Å². The van der Waals surface area contributed by atoms with Crippen LogP contribution in [0.1, 0.15) is 27.2 Å². The number of amides is 1. The molecule has 16 heavy (non-hydrogen) atoms. The number of rotatable bonds is 3. The molecule has 0 aromatic carbocycles. The lowest BCUT2D eigenvalue weighted by Crippen LogP contribution is -2.61. The number of likely N-dealkylation sites (tertiary alicyclic amines) is 1. The number of aliphatic hydroxyl groups is 2. The van der Waals surface area contributed by atoms with Crippen LogP contribution in [0.4, 0.5) is 0 Å². The first kappa shape index (κ1) is 13.4. The normalized spacial score (nSPS) is 31.8. The Morgan fingerprint density at radius 2 is 2.25 bits per heavy atom. The van der Waals surface area contributed by atoms with Crippen molar-refractivity contribution in [3.63, 3.8) is 0 Å². The van der Waals surface area contributed by atoms with Crippen LogP contribution in [0.3, 0.4) is 0 Å². The summed E-state index contributed by atoms with van der Waals surface area (Å²) in [4.78, 5) is 12.9. The van der Waals surface area contributed by atoms with Gasteiger partial charge in [0.1, 0.15) is 5.60 Å². The molecule has 0 aromatic heterocycles. The highest BCUT2D eigenvalue weighted by Gasteiger charge is 2.41. The van der Waals surface area contributed by atoms with Crippen LogP contribution in [0, 0.1) is 0 Å². The molecule has 1 amide bonds. The van der Waals surface area contributed by atoms with Crippen molar-refractivity contribution in [1.29, 1.82) is 0 Å². The summed E-state index contributed by atoms with van der Waals surface area (Å²) in [5, 5.41) is 22.7. The maximum atomic E-state index is 10.8. The minimum absolute atomic E-state index is 0.120. The Labute approximate surface area is 96.4 Å². The molecule has 1 saturated heterocycles. The SMILES string of the molecule is CC(=O)NC[C@]1(O)CCN(C(C)C)C[C@H]1O. The Morgan fingerprint density at radius 3 is 2.69 bits per heavy atom. The summed E-state index contributed by atoms with van der Waals surface area (Å²) in [6.07, 6.45) is -0.331. The first-order valence-corrected chi connectivity index (χ1v) is 5.74. The standard InChI is InChI=1S/C11H22N2O3/c1-8(2)13-5-4-11(16,10(15)6-13)7-12-9(3)14/h8,10,15-16H,4-7H2,1-3H3,(H,12,14)/t10-,11-/m1/s1. The van der Waals surface area contributed by atoms with Crippen LogP contribution < -0.4 is 5.32 Å². The second kappa shape index (κ2) is 5.12. The summed E-state index contributed by atoms with van der Waals surface area (Å²) in [6.45, 7) is 6.84. The molecule has 0 unspecified atom stereocenters. The largest absolute Gasteiger partial charge is 0.389 e. The first-order valence-electron chi connectivity index (χ1n) is 5.74. The minimum Gasteiger partial charge on any atom is -0.389 e. The number of aliphatic hydroxyl groups excluding tert-OH is 1. The van der Waals surface area contributed by atoms with Crippen molar-refractivity contribution in [2.24, 2.45) is 0 Å². The zero-order chi connectivity index (χ0) is 12.3. The summed E-state index contributed by atoms with van der Waals surface area (Å²) in [5.41, 5.74) is -1.18. The van der Waals surface area contributed by atoms with Gasteiger partial charge in [-0.15, -0.1) is 0 Å². The molecule has 0 spiro atoms. The van der Waals surface area contributed by atoms with Gasteiger partial charge >= 0.3 is 0 Å². The topological polar surface area (TPSA) is 72.8 Å². The molecule has 1 rings (SSSR count). The van der Waals surface area contributed by atoms with Gasteiger partial charge in [-0.05, 0) is 20.3 Å². The third-order valence-corrected chi connectivity index (χ3v) is 3.23. The Kier molecular flexibility index (Phi) is 4.29. The number of carbonyl (C=O) groups excluding carboxylic acids is 1. The molecule has 1 aliphatic rings. The molecule has 1 fully saturated rings. The second-order valence-electron chi connectivity index (χ2n) is 4.87. The molecular weight excluding hydrogens is 208 g/mol. The minimum atomic E-state index is -1.18. The second-order valence-corrected chi connectivity index (χ2v) is 4.87. The van der Waals surface area contributed by atoms with Gasteiger partial charge < -0.3 is 15.5 Å². The maximum Gasteiger partial charge on any atom is 0.216 e. The van der Waals surface area contributed by atoms with Gasteiger partial charge in [0, 0.05) is 32.6 Å². The molecule has 0 saturated carbocycles. The summed E-state index contributed by atoms with van der Waals surface area (Å²) >= 11 is 0. The Balaban J connectivity index is 2.54. The molecule has 0 aliphatic carbocycles. The van der Waals surface area contributed by atoms with Crippen molar-refractivity contribution in [2.75, 3.05) is 19.6 Å². The van der Waals surface area contributed by atoms with Crippen LogP contribution >= 0.6 is 0 Å². The van der Waals surface area contributed by atoms with E-state index in [9.17, 15) is 15.0 Å². The Morgan fingerprint density at radius 1 is 1.62 bits per heavy atom. The highest BCUT2D eigenvalue weighted by atomic mass is 16.3. The van der Waals surface area contributed by atoms with Crippen LogP contribution in [0.5, 0.6) is 0 Å². The monoisotopic (exact) mass is 230 g/mol. The number of β-amino-alcohol motifs (C(OH)–C–C–N with tert-alkyl or cyclic N) is 1. The smallest absolute Gasteiger partial charge is 0.216 e. The molecule has 5 heteroatoms. The van der Waals surface area contributed by atoms with E-state index in [-0.39, 0.29) is 12.5 Å². The summed E-state index contributed by atoms with van der Waals surface area (Å²) in [6, 6.07) is 0.361. The van der Waals surface area contributed by atoms with Gasteiger partial charge in [0.05, 0.1) is 6.10 Å². The fraction of sp³-hybridized carbons (Fsp3) is 0.909. The van der Waals surface area contributed by atoms with Crippen LogP contribution in [-0.4, -0.2) is 58.4 Å². The van der Waals surface area contributed by atoms with Gasteiger partial charge in [0.25, 0.3) is 0 Å². The van der Waals surface area contributed by atoms with Crippen molar-refractivity contribution < 1.29 is 15.0 Å². The lowest BCUT2D eigenvalue weighted by molar-refractivity contribution is -0.132. The predicted octanol–water partition coefficient (Wildman–Crippen LogP) is -0.671. The quantitative estimate of drug-likeness (QED) is 0.601. The maximum absolute atomic E-state index is 10.8. The van der Waals surface area contributed by atoms with E-state index in [0.717, 1.165) is 6.54 Å². The molecule has 5 nitrogen and oxygen atoms in total. The van der Waals surface area contributed by atoms with E-state index in [1.165, 1.54) is 6.92 Å². The lowest BCUT2D eigenvalue weighted by atomic mass is 9.88. The average molecular weight is 230 g/mol. The number of nitrogens with zero attached hydrogens (tertiary/aromatic N) is 1. The van der Waals surface area contributed by atoms with Gasteiger partial charge in [-0.25, -0.2) is 0 Å². The van der Waals surface area contributed by atoms with Crippen LogP contribution in [0.15, 0.2) is 0 Å². The third-order valence-electron chi connectivity index (χ3n) is 3.23. The van der Waals surface area contributed by atoms with E-state index < -0.39 is 11.7 Å². The lowest BCUT2D eigenvalue weighted by Gasteiger charge is -2.43. The molecule has 3 N–H and O–H groups in total. The van der Waals surface area contributed by atoms with Crippen molar-refractivity contribution in [1.82, 2.24) is 10.2 Å².